The summed E-state index contributed by atoms with van der Waals surface area (Å²) in [6.07, 6.45) is 2.08. The zero-order valence-corrected chi connectivity index (χ0v) is 17.6. The highest BCUT2D eigenvalue weighted by molar-refractivity contribution is 6.42. The molecule has 0 atom stereocenters. The van der Waals surface area contributed by atoms with E-state index in [1.807, 2.05) is 0 Å². The molecule has 0 aliphatic rings. The van der Waals surface area contributed by atoms with E-state index in [1.54, 1.807) is 24.4 Å². The molecule has 0 amide bonds. The summed E-state index contributed by atoms with van der Waals surface area (Å²) < 4.78 is 6.97. The molecule has 2 N–H and O–H groups in total. The molecule has 0 saturated heterocycles. The highest BCUT2D eigenvalue weighted by atomic mass is 35.5. The van der Waals surface area contributed by atoms with Gasteiger partial charge in [0.2, 0.25) is 0 Å². The minimum absolute atomic E-state index is 0.0114. The van der Waals surface area contributed by atoms with Crippen molar-refractivity contribution in [2.24, 2.45) is 0 Å². The Hall–Kier alpha value is -2.81. The topological polar surface area (TPSA) is 113 Å². The minimum atomic E-state index is -0.571. The zero-order valence-electron chi connectivity index (χ0n) is 15.3. The lowest BCUT2D eigenvalue weighted by atomic mass is 10.1. The maximum absolute atomic E-state index is 12.2. The van der Waals surface area contributed by atoms with E-state index in [1.165, 1.54) is 22.8 Å². The zero-order chi connectivity index (χ0) is 21.8. The molecule has 30 heavy (non-hydrogen) atoms. The maximum Gasteiger partial charge on any atom is 0.349 e. The Morgan fingerprint density at radius 3 is 2.53 bits per heavy atom. The van der Waals surface area contributed by atoms with Crippen molar-refractivity contribution in [1.29, 1.82) is 0 Å². The molecule has 0 radical (unpaired) electrons. The van der Waals surface area contributed by atoms with Crippen molar-refractivity contribution in [3.8, 4) is 16.9 Å². The van der Waals surface area contributed by atoms with E-state index in [0.717, 1.165) is 0 Å². The van der Waals surface area contributed by atoms with Gasteiger partial charge in [-0.3, -0.25) is 14.7 Å². The number of rotatable bonds is 7. The minimum Gasteiger partial charge on any atom is -0.493 e. The fraction of sp³-hybridized carbons (Fsp3) is 0.158. The lowest BCUT2D eigenvalue weighted by Crippen LogP contribution is -2.25. The number of nitrogen functional groups attached to an aromatic ring is 1. The first-order valence-corrected chi connectivity index (χ1v) is 9.79. The third kappa shape index (κ3) is 5.02. The van der Waals surface area contributed by atoms with E-state index in [-0.39, 0.29) is 23.1 Å². The summed E-state index contributed by atoms with van der Waals surface area (Å²) >= 11 is 17.9. The van der Waals surface area contributed by atoms with Gasteiger partial charge in [0.1, 0.15) is 16.6 Å². The number of halogens is 3. The van der Waals surface area contributed by atoms with Crippen molar-refractivity contribution in [1.82, 2.24) is 9.55 Å². The van der Waals surface area contributed by atoms with Crippen LogP contribution in [0, 0.1) is 10.1 Å². The van der Waals surface area contributed by atoms with Crippen LogP contribution in [0.1, 0.15) is 6.42 Å². The summed E-state index contributed by atoms with van der Waals surface area (Å²) in [7, 11) is 0. The van der Waals surface area contributed by atoms with Crippen molar-refractivity contribution < 1.29 is 9.66 Å². The molecule has 1 aromatic heterocycles. The van der Waals surface area contributed by atoms with E-state index < -0.39 is 10.6 Å². The quantitative estimate of drug-likeness (QED) is 0.301. The van der Waals surface area contributed by atoms with Crippen LogP contribution < -0.4 is 16.2 Å². The first kappa shape index (κ1) is 21.9. The molecule has 0 fully saturated rings. The van der Waals surface area contributed by atoms with Crippen molar-refractivity contribution in [3.63, 3.8) is 0 Å². The molecule has 0 aliphatic heterocycles. The Balaban J connectivity index is 1.68. The fourth-order valence-electron chi connectivity index (χ4n) is 2.70. The van der Waals surface area contributed by atoms with E-state index in [9.17, 15) is 14.9 Å². The third-order valence-corrected chi connectivity index (χ3v) is 5.22. The Kier molecular flexibility index (Phi) is 6.81. The largest absolute Gasteiger partial charge is 0.493 e. The van der Waals surface area contributed by atoms with Crippen LogP contribution in [0.4, 0.5) is 11.5 Å². The Bertz CT molecular complexity index is 1170. The lowest BCUT2D eigenvalue weighted by molar-refractivity contribution is -0.384. The van der Waals surface area contributed by atoms with Crippen LogP contribution in [-0.2, 0) is 6.54 Å². The number of aromatic nitrogens is 2. The predicted molar refractivity (Wildman–Crippen MR) is 117 cm³/mol. The van der Waals surface area contributed by atoms with Gasteiger partial charge in [-0.2, -0.15) is 4.98 Å². The molecule has 8 nitrogen and oxygen atoms in total. The van der Waals surface area contributed by atoms with Crippen LogP contribution >= 0.6 is 34.8 Å². The second-order valence-electron chi connectivity index (χ2n) is 6.22. The van der Waals surface area contributed by atoms with Crippen LogP contribution in [0.15, 0.2) is 47.4 Å². The number of anilines is 1. The van der Waals surface area contributed by atoms with Crippen molar-refractivity contribution in [3.05, 3.63) is 78.3 Å². The molecule has 11 heteroatoms. The van der Waals surface area contributed by atoms with E-state index in [0.29, 0.717) is 39.9 Å². The Morgan fingerprint density at radius 2 is 1.87 bits per heavy atom. The second kappa shape index (κ2) is 9.34. The maximum atomic E-state index is 12.2. The summed E-state index contributed by atoms with van der Waals surface area (Å²) in [5.41, 5.74) is 6.45. The number of hydrogen-bond acceptors (Lipinski definition) is 6. The van der Waals surface area contributed by atoms with Gasteiger partial charge in [0, 0.05) is 30.4 Å². The fourth-order valence-corrected chi connectivity index (χ4v) is 3.24. The standard InChI is InChI=1S/C19H15Cl3N4O4/c20-14-4-2-11(8-15(14)21)13-10-25(19(27)24-18(13)23)6-1-7-30-12-3-5-17(26(28)29)16(22)9-12/h2-5,8-10H,1,6-7H2,(H2,23,24,27). The number of nitro groups is 1. The number of hydrogen-bond donors (Lipinski definition) is 1. The molecule has 1 heterocycles. The van der Waals surface area contributed by atoms with E-state index in [2.05, 4.69) is 4.98 Å². The summed E-state index contributed by atoms with van der Waals surface area (Å²) in [5.74, 6) is 0.483. The monoisotopic (exact) mass is 468 g/mol. The van der Waals surface area contributed by atoms with Gasteiger partial charge in [-0.25, -0.2) is 4.79 Å². The van der Waals surface area contributed by atoms with Gasteiger partial charge in [-0.05, 0) is 30.2 Å². The summed E-state index contributed by atoms with van der Waals surface area (Å²) in [5, 5.41) is 11.5. The van der Waals surface area contributed by atoms with Gasteiger partial charge in [0.25, 0.3) is 5.69 Å². The van der Waals surface area contributed by atoms with Gasteiger partial charge >= 0.3 is 5.69 Å². The molecule has 2 aromatic carbocycles. The third-order valence-electron chi connectivity index (χ3n) is 4.18. The van der Waals surface area contributed by atoms with Crippen LogP contribution in [0.3, 0.4) is 0 Å². The Morgan fingerprint density at radius 1 is 1.10 bits per heavy atom. The number of aryl methyl sites for hydroxylation is 1. The molecule has 3 rings (SSSR count). The van der Waals surface area contributed by atoms with Crippen LogP contribution in [0.5, 0.6) is 5.75 Å². The first-order valence-electron chi connectivity index (χ1n) is 8.65. The van der Waals surface area contributed by atoms with Gasteiger partial charge in [-0.15, -0.1) is 0 Å². The van der Waals surface area contributed by atoms with Gasteiger partial charge in [0.05, 0.1) is 21.6 Å². The number of ether oxygens (including phenoxy) is 1. The highest BCUT2D eigenvalue weighted by Gasteiger charge is 2.13. The summed E-state index contributed by atoms with van der Waals surface area (Å²) in [4.78, 5) is 26.2. The molecule has 0 saturated carbocycles. The number of benzene rings is 2. The van der Waals surface area contributed by atoms with Crippen molar-refractivity contribution in [2.45, 2.75) is 13.0 Å². The average molecular weight is 470 g/mol. The normalized spacial score (nSPS) is 10.8. The SMILES string of the molecule is Nc1nc(=O)n(CCCOc2ccc([N+](=O)[O-])c(Cl)c2)cc1-c1ccc(Cl)c(Cl)c1. The molecular weight excluding hydrogens is 455 g/mol. The molecule has 0 spiro atoms. The van der Waals surface area contributed by atoms with Gasteiger partial charge < -0.3 is 10.5 Å². The highest BCUT2D eigenvalue weighted by Crippen LogP contribution is 2.30. The number of nitro benzene ring substituents is 1. The van der Waals surface area contributed by atoms with Crippen LogP contribution in [0.2, 0.25) is 15.1 Å². The smallest absolute Gasteiger partial charge is 0.349 e. The average Bonchev–Trinajstić information content (AvgIpc) is 2.68. The van der Waals surface area contributed by atoms with Crippen LogP contribution in [-0.4, -0.2) is 21.1 Å². The van der Waals surface area contributed by atoms with E-state index in [4.69, 9.17) is 45.3 Å². The summed E-state index contributed by atoms with van der Waals surface area (Å²) in [6.45, 7) is 0.578. The Labute approximate surface area is 185 Å². The second-order valence-corrected chi connectivity index (χ2v) is 7.44. The first-order chi connectivity index (χ1) is 14.3. The molecule has 3 aromatic rings. The molecule has 0 unspecified atom stereocenters. The van der Waals surface area contributed by atoms with Crippen molar-refractivity contribution >= 4 is 46.3 Å². The predicted octanol–water partition coefficient (Wildman–Crippen LogP) is 4.83. The van der Waals surface area contributed by atoms with Gasteiger partial charge in [0.15, 0.2) is 0 Å². The molecule has 0 aliphatic carbocycles. The molecule has 0 bridgehead atoms. The number of nitrogens with two attached hydrogens (primary N) is 1. The van der Waals surface area contributed by atoms with E-state index >= 15 is 0 Å². The molecular formula is C19H15Cl3N4O4. The summed E-state index contributed by atoms with van der Waals surface area (Å²) in [6, 6.07) is 9.13. The molecule has 156 valence electrons. The van der Waals surface area contributed by atoms with Gasteiger partial charge in [-0.1, -0.05) is 40.9 Å². The number of nitrogens with zero attached hydrogens (tertiary/aromatic N) is 3. The van der Waals surface area contributed by atoms with Crippen molar-refractivity contribution in [2.75, 3.05) is 12.3 Å². The lowest BCUT2D eigenvalue weighted by Gasteiger charge is -2.11. The van der Waals surface area contributed by atoms with Crippen LogP contribution in [0.25, 0.3) is 11.1 Å².